The number of nitrogens with zero attached hydrogens (tertiary/aromatic N) is 1. The molecule has 0 unspecified atom stereocenters. The third-order valence-electron chi connectivity index (χ3n) is 6.05. The molecule has 4 aromatic rings. The Labute approximate surface area is 201 Å². The number of carbonyl (C=O) groups excluding carboxylic acids is 2. The summed E-state index contributed by atoms with van der Waals surface area (Å²) in [5.41, 5.74) is 0.170. The summed E-state index contributed by atoms with van der Waals surface area (Å²) in [6.07, 6.45) is -0.385. The minimum Gasteiger partial charge on any atom is -0.375 e. The Hall–Kier alpha value is -3.18. The van der Waals surface area contributed by atoms with Crippen LogP contribution in [0.4, 0.5) is 5.69 Å². The third-order valence-corrected chi connectivity index (χ3v) is 6.54. The van der Waals surface area contributed by atoms with Crippen LogP contribution in [0, 0.1) is 0 Å². The first-order valence-corrected chi connectivity index (χ1v) is 11.2. The van der Waals surface area contributed by atoms with Gasteiger partial charge in [-0.15, -0.1) is 0 Å². The van der Waals surface area contributed by atoms with Crippen molar-refractivity contribution in [2.24, 2.45) is 0 Å². The number of hydrogen-bond acceptors (Lipinski definition) is 3. The molecule has 1 aliphatic rings. The number of aliphatic hydroxyl groups is 1. The van der Waals surface area contributed by atoms with Crippen LogP contribution in [0.2, 0.25) is 10.0 Å². The Morgan fingerprint density at radius 1 is 0.879 bits per heavy atom. The molecular weight excluding hydrogens is 457 g/mol. The highest BCUT2D eigenvalue weighted by atomic mass is 35.5. The quantitative estimate of drug-likeness (QED) is 0.352. The summed E-state index contributed by atoms with van der Waals surface area (Å²) in [5, 5.41) is 14.3. The molecule has 1 N–H and O–H groups in total. The predicted molar refractivity (Wildman–Crippen MR) is 131 cm³/mol. The molecule has 33 heavy (non-hydrogen) atoms. The highest BCUT2D eigenvalue weighted by Gasteiger charge is 2.51. The van der Waals surface area contributed by atoms with Crippen LogP contribution in [-0.2, 0) is 16.9 Å². The normalized spacial score (nSPS) is 17.4. The van der Waals surface area contributed by atoms with Crippen LogP contribution in [0.25, 0.3) is 10.8 Å². The molecule has 1 atom stereocenters. The van der Waals surface area contributed by atoms with Gasteiger partial charge in [-0.2, -0.15) is 0 Å². The van der Waals surface area contributed by atoms with Gasteiger partial charge in [-0.05, 0) is 46.7 Å². The lowest BCUT2D eigenvalue weighted by molar-refractivity contribution is -0.136. The van der Waals surface area contributed by atoms with E-state index in [1.165, 1.54) is 4.90 Å². The number of hydrogen-bond donors (Lipinski definition) is 1. The van der Waals surface area contributed by atoms with Crippen molar-refractivity contribution in [1.29, 1.82) is 0 Å². The largest absolute Gasteiger partial charge is 0.375 e. The van der Waals surface area contributed by atoms with Gasteiger partial charge in [-0.1, -0.05) is 77.8 Å². The van der Waals surface area contributed by atoms with Gasteiger partial charge in [0.25, 0.3) is 5.91 Å². The minimum absolute atomic E-state index is 0.232. The van der Waals surface area contributed by atoms with Crippen molar-refractivity contribution >= 4 is 51.4 Å². The van der Waals surface area contributed by atoms with Crippen molar-refractivity contribution < 1.29 is 14.7 Å². The average molecular weight is 476 g/mol. The second kappa shape index (κ2) is 8.31. The van der Waals surface area contributed by atoms with Crippen molar-refractivity contribution in [3.05, 3.63) is 112 Å². The first-order chi connectivity index (χ1) is 15.9. The van der Waals surface area contributed by atoms with Crippen LogP contribution in [-0.4, -0.2) is 16.8 Å². The Bertz CT molecular complexity index is 1400. The first kappa shape index (κ1) is 21.7. The molecule has 0 aliphatic carbocycles. The second-order valence-electron chi connectivity index (χ2n) is 8.17. The van der Waals surface area contributed by atoms with Crippen molar-refractivity contribution in [2.45, 2.75) is 18.6 Å². The number of benzene rings is 4. The van der Waals surface area contributed by atoms with E-state index in [0.717, 1.165) is 16.3 Å². The van der Waals surface area contributed by atoms with Gasteiger partial charge >= 0.3 is 0 Å². The van der Waals surface area contributed by atoms with E-state index in [2.05, 4.69) is 0 Å². The number of fused-ring (bicyclic) bond motifs is 2. The van der Waals surface area contributed by atoms with E-state index in [1.807, 2.05) is 42.5 Å². The maximum atomic E-state index is 13.6. The number of anilines is 1. The Balaban J connectivity index is 1.53. The zero-order valence-electron chi connectivity index (χ0n) is 17.5. The molecule has 0 spiro atoms. The molecular formula is C27H19Cl2NO3. The van der Waals surface area contributed by atoms with Crippen LogP contribution >= 0.6 is 23.2 Å². The fraction of sp³-hybridized carbons (Fsp3) is 0.111. The Morgan fingerprint density at radius 3 is 2.36 bits per heavy atom. The van der Waals surface area contributed by atoms with Crippen LogP contribution in [0.3, 0.4) is 0 Å². The average Bonchev–Trinajstić information content (AvgIpc) is 3.01. The highest BCUT2D eigenvalue weighted by Crippen LogP contribution is 2.45. The van der Waals surface area contributed by atoms with E-state index >= 15 is 0 Å². The van der Waals surface area contributed by atoms with E-state index in [1.54, 1.807) is 42.5 Å². The molecule has 6 heteroatoms. The van der Waals surface area contributed by atoms with Gasteiger partial charge in [0, 0.05) is 21.2 Å². The number of carbonyl (C=O) groups is 2. The molecule has 0 aromatic heterocycles. The predicted octanol–water partition coefficient (Wildman–Crippen LogP) is 6.15. The van der Waals surface area contributed by atoms with Crippen LogP contribution in [0.5, 0.6) is 0 Å². The van der Waals surface area contributed by atoms with Crippen LogP contribution in [0.1, 0.15) is 27.9 Å². The van der Waals surface area contributed by atoms with Crippen molar-refractivity contribution in [1.82, 2.24) is 0 Å². The van der Waals surface area contributed by atoms with E-state index in [-0.39, 0.29) is 18.7 Å². The number of rotatable bonds is 5. The fourth-order valence-electron chi connectivity index (χ4n) is 4.42. The molecule has 1 amide bonds. The van der Waals surface area contributed by atoms with Gasteiger partial charge in [-0.3, -0.25) is 9.59 Å². The molecule has 5 rings (SSSR count). The van der Waals surface area contributed by atoms with E-state index in [4.69, 9.17) is 23.2 Å². The van der Waals surface area contributed by atoms with E-state index in [9.17, 15) is 14.7 Å². The molecule has 1 aliphatic heterocycles. The smallest absolute Gasteiger partial charge is 0.264 e. The highest BCUT2D eigenvalue weighted by molar-refractivity contribution is 6.31. The lowest BCUT2D eigenvalue weighted by Crippen LogP contribution is -2.41. The summed E-state index contributed by atoms with van der Waals surface area (Å²) in [4.78, 5) is 28.4. The summed E-state index contributed by atoms with van der Waals surface area (Å²) >= 11 is 12.2. The maximum Gasteiger partial charge on any atom is 0.264 e. The van der Waals surface area contributed by atoms with Gasteiger partial charge in [0.2, 0.25) is 0 Å². The van der Waals surface area contributed by atoms with E-state index in [0.29, 0.717) is 26.9 Å². The summed E-state index contributed by atoms with van der Waals surface area (Å²) in [7, 11) is 0. The molecule has 0 saturated heterocycles. The summed E-state index contributed by atoms with van der Waals surface area (Å²) in [5.74, 6) is -0.870. The molecule has 0 radical (unpaired) electrons. The molecule has 1 heterocycles. The van der Waals surface area contributed by atoms with Crippen molar-refractivity contribution in [3.63, 3.8) is 0 Å². The summed E-state index contributed by atoms with van der Waals surface area (Å²) in [6.45, 7) is 0.232. The lowest BCUT2D eigenvalue weighted by atomic mass is 9.87. The van der Waals surface area contributed by atoms with E-state index < -0.39 is 11.5 Å². The SMILES string of the molecule is O=C(C[C@@]1(O)C(=O)N(Cc2ccc(Cl)cc2)c2ccc(Cl)cc21)c1cccc2ccccc12. The minimum atomic E-state index is -2.01. The van der Waals surface area contributed by atoms with Gasteiger partial charge in [-0.25, -0.2) is 0 Å². The third kappa shape index (κ3) is 3.80. The standard InChI is InChI=1S/C27H19Cl2NO3/c28-19-10-8-17(9-11-19)16-30-24-13-12-20(29)14-23(24)27(33,26(30)32)15-25(31)22-7-3-5-18-4-1-2-6-21(18)22/h1-14,33H,15-16H2/t27-/m0/s1. The van der Waals surface area contributed by atoms with Crippen molar-refractivity contribution in [3.8, 4) is 0 Å². The molecule has 0 saturated carbocycles. The lowest BCUT2D eigenvalue weighted by Gasteiger charge is -2.23. The zero-order chi connectivity index (χ0) is 23.2. The number of halogens is 2. The van der Waals surface area contributed by atoms with Crippen LogP contribution < -0.4 is 4.90 Å². The van der Waals surface area contributed by atoms with Gasteiger partial charge in [0.1, 0.15) is 0 Å². The number of Topliss-reactive ketones (excluding diaryl/α,β-unsaturated/α-hetero) is 1. The molecule has 4 nitrogen and oxygen atoms in total. The Kier molecular flexibility index (Phi) is 5.45. The van der Waals surface area contributed by atoms with Gasteiger partial charge < -0.3 is 10.0 Å². The summed E-state index contributed by atoms with van der Waals surface area (Å²) in [6, 6.07) is 25.1. The second-order valence-corrected chi connectivity index (χ2v) is 9.04. The van der Waals surface area contributed by atoms with Crippen LogP contribution in [0.15, 0.2) is 84.9 Å². The Morgan fingerprint density at radius 2 is 1.58 bits per heavy atom. The molecule has 0 fully saturated rings. The topological polar surface area (TPSA) is 57.6 Å². The maximum absolute atomic E-state index is 13.6. The van der Waals surface area contributed by atoms with Crippen molar-refractivity contribution in [2.75, 3.05) is 4.90 Å². The fourth-order valence-corrected chi connectivity index (χ4v) is 4.72. The summed E-state index contributed by atoms with van der Waals surface area (Å²) < 4.78 is 0. The number of amides is 1. The van der Waals surface area contributed by atoms with Gasteiger partial charge in [0.15, 0.2) is 11.4 Å². The molecule has 0 bridgehead atoms. The van der Waals surface area contributed by atoms with Gasteiger partial charge in [0.05, 0.1) is 18.7 Å². The number of ketones is 1. The molecule has 4 aromatic carbocycles. The zero-order valence-corrected chi connectivity index (χ0v) is 19.0. The first-order valence-electron chi connectivity index (χ1n) is 10.5. The molecule has 164 valence electrons. The monoisotopic (exact) mass is 475 g/mol.